The molecule has 0 saturated carbocycles. The third-order valence-electron chi connectivity index (χ3n) is 9.44. The smallest absolute Gasteiger partial charge is 0.328 e. The van der Waals surface area contributed by atoms with Crippen molar-refractivity contribution in [3.63, 3.8) is 0 Å². The summed E-state index contributed by atoms with van der Waals surface area (Å²) in [6.45, 7) is 4.03. The number of phenolic OH excluding ortho intramolecular Hbond substituents is 1. The van der Waals surface area contributed by atoms with Crippen molar-refractivity contribution in [2.45, 2.75) is 129 Å². The maximum absolute atomic E-state index is 13.1. The molecule has 49 heavy (non-hydrogen) atoms. The van der Waals surface area contributed by atoms with E-state index in [-0.39, 0.29) is 23.5 Å². The van der Waals surface area contributed by atoms with Gasteiger partial charge in [0.15, 0.2) is 5.75 Å². The van der Waals surface area contributed by atoms with Gasteiger partial charge in [0.25, 0.3) is 5.91 Å². The second-order valence-corrected chi connectivity index (χ2v) is 13.5. The minimum Gasteiger partial charge on any atom is -0.504 e. The molecule has 0 radical (unpaired) electrons. The summed E-state index contributed by atoms with van der Waals surface area (Å²) in [5, 5.41) is 20.6. The highest BCUT2D eigenvalue weighted by atomic mass is 16.3. The lowest BCUT2D eigenvalue weighted by molar-refractivity contribution is -0.151. The van der Waals surface area contributed by atoms with Crippen molar-refractivity contribution in [3.05, 3.63) is 42.0 Å². The molecule has 266 valence electrons. The van der Waals surface area contributed by atoms with E-state index in [9.17, 15) is 24.3 Å². The first-order valence-electron chi connectivity index (χ1n) is 18.3. The molecule has 2 heterocycles. The number of carbonyl (C=O) groups excluding carboxylic acids is 4. The van der Waals surface area contributed by atoms with Crippen molar-refractivity contribution >= 4 is 40.3 Å². The largest absolute Gasteiger partial charge is 0.504 e. The lowest BCUT2D eigenvalue weighted by Gasteiger charge is -2.22. The van der Waals surface area contributed by atoms with Crippen molar-refractivity contribution in [2.75, 3.05) is 11.9 Å². The zero-order valence-electron chi connectivity index (χ0n) is 29.6. The van der Waals surface area contributed by atoms with Crippen LogP contribution in [-0.2, 0) is 19.2 Å². The molecular weight excluding hydrogens is 620 g/mol. The summed E-state index contributed by atoms with van der Waals surface area (Å²) in [5.74, 6) is -4.04. The highest BCUT2D eigenvalue weighted by Crippen LogP contribution is 2.34. The number of hydrogen-bond donors (Lipinski definition) is 2. The van der Waals surface area contributed by atoms with Gasteiger partial charge in [0.1, 0.15) is 16.7 Å². The number of aryl methyl sites for hydroxylation is 1. The summed E-state index contributed by atoms with van der Waals surface area (Å²) >= 11 is 0. The van der Waals surface area contributed by atoms with Crippen molar-refractivity contribution in [1.82, 2.24) is 25.4 Å². The van der Waals surface area contributed by atoms with Crippen LogP contribution in [0.25, 0.3) is 16.7 Å². The van der Waals surface area contributed by atoms with Crippen LogP contribution in [0.3, 0.4) is 0 Å². The van der Waals surface area contributed by atoms with Gasteiger partial charge >= 0.3 is 11.8 Å². The number of aromatic hydroxyl groups is 1. The van der Waals surface area contributed by atoms with Crippen LogP contribution in [0, 0.1) is 12.8 Å². The summed E-state index contributed by atoms with van der Waals surface area (Å²) in [6, 6.07) is 10.4. The van der Waals surface area contributed by atoms with E-state index in [1.807, 2.05) is 12.1 Å². The number of phenols is 1. The third-order valence-corrected chi connectivity index (χ3v) is 9.44. The molecule has 1 aliphatic heterocycles. The lowest BCUT2D eigenvalue weighted by atomic mass is 9.98. The minimum atomic E-state index is -1.15. The Morgan fingerprint density at radius 1 is 0.837 bits per heavy atom. The summed E-state index contributed by atoms with van der Waals surface area (Å²) in [5.41, 5.74) is 4.43. The fourth-order valence-corrected chi connectivity index (χ4v) is 6.50. The molecule has 4 rings (SSSR count). The number of likely N-dealkylation sites (N-methyl/N-ethyl adjacent to an activating group) is 1. The van der Waals surface area contributed by atoms with Gasteiger partial charge in [-0.05, 0) is 43.2 Å². The second kappa shape index (κ2) is 19.0. The first-order valence-corrected chi connectivity index (χ1v) is 18.3. The van der Waals surface area contributed by atoms with Crippen LogP contribution in [0.2, 0.25) is 0 Å². The molecule has 1 aromatic heterocycles. The number of amides is 4. The van der Waals surface area contributed by atoms with Gasteiger partial charge in [-0.2, -0.15) is 5.01 Å². The number of rotatable bonds is 20. The van der Waals surface area contributed by atoms with Crippen molar-refractivity contribution in [1.29, 1.82) is 0 Å². The number of aromatic nitrogens is 3. The summed E-state index contributed by atoms with van der Waals surface area (Å²) < 4.78 is 0. The fourth-order valence-electron chi connectivity index (χ4n) is 6.50. The van der Waals surface area contributed by atoms with E-state index in [1.54, 1.807) is 31.2 Å². The molecule has 1 saturated heterocycles. The summed E-state index contributed by atoms with van der Waals surface area (Å²) in [7, 11) is 1.33. The maximum atomic E-state index is 13.1. The van der Waals surface area contributed by atoms with Crippen LogP contribution in [0.15, 0.2) is 36.4 Å². The lowest BCUT2D eigenvalue weighted by Crippen LogP contribution is -2.51. The number of fused-ring (bicyclic) bond motifs is 1. The van der Waals surface area contributed by atoms with E-state index in [1.165, 1.54) is 95.3 Å². The van der Waals surface area contributed by atoms with Gasteiger partial charge in [0.2, 0.25) is 5.91 Å². The van der Waals surface area contributed by atoms with E-state index in [0.29, 0.717) is 28.0 Å². The van der Waals surface area contributed by atoms with Crippen LogP contribution < -0.4 is 10.3 Å². The Labute approximate surface area is 290 Å². The average molecular weight is 675 g/mol. The highest BCUT2D eigenvalue weighted by Gasteiger charge is 2.40. The van der Waals surface area contributed by atoms with Gasteiger partial charge in [-0.1, -0.05) is 122 Å². The predicted molar refractivity (Wildman–Crippen MR) is 191 cm³/mol. The Kier molecular flexibility index (Phi) is 14.6. The molecule has 11 nitrogen and oxygen atoms in total. The van der Waals surface area contributed by atoms with Gasteiger partial charge in [0, 0.05) is 19.4 Å². The molecule has 1 aliphatic rings. The van der Waals surface area contributed by atoms with E-state index >= 15 is 0 Å². The van der Waals surface area contributed by atoms with Crippen LogP contribution >= 0.6 is 0 Å². The number of hydrogen-bond acceptors (Lipinski definition) is 7. The molecule has 1 atom stereocenters. The molecule has 0 bridgehead atoms. The number of imide groups is 1. The molecule has 11 heteroatoms. The Morgan fingerprint density at radius 3 is 1.88 bits per heavy atom. The molecule has 2 N–H and O–H groups in total. The Morgan fingerprint density at radius 2 is 1.35 bits per heavy atom. The van der Waals surface area contributed by atoms with Crippen molar-refractivity contribution in [2.24, 2.45) is 5.92 Å². The van der Waals surface area contributed by atoms with Gasteiger partial charge in [0.05, 0.1) is 5.69 Å². The molecule has 0 spiro atoms. The van der Waals surface area contributed by atoms with Crippen LogP contribution in [0.5, 0.6) is 5.75 Å². The molecule has 3 aromatic rings. The standard InChI is InChI=1S/C38H54N6O5/c1-4-5-6-7-8-9-10-11-12-13-14-15-16-17-18-19-22-29-27-34(45)43(37(29)48)41-36(47)38(49)42(3)32-25-28(2)26-33(35(32)46)44-39-30-23-20-21-24-31(30)40-44/h20-21,23-26,29,46H,4-19,22,27H2,1-3H3,(H,41,47). The van der Waals surface area contributed by atoms with Crippen LogP contribution in [-0.4, -0.2) is 55.8 Å². The Balaban J connectivity index is 1.16. The number of nitrogens with one attached hydrogen (secondary N) is 1. The molecule has 1 fully saturated rings. The summed E-state index contributed by atoms with van der Waals surface area (Å²) in [6.07, 6.45) is 20.8. The molecule has 1 unspecified atom stereocenters. The molecule has 0 aliphatic carbocycles. The van der Waals surface area contributed by atoms with Crippen LogP contribution in [0.4, 0.5) is 5.69 Å². The van der Waals surface area contributed by atoms with Crippen molar-refractivity contribution in [3.8, 4) is 11.4 Å². The zero-order valence-corrected chi connectivity index (χ0v) is 29.6. The molecular formula is C38H54N6O5. The van der Waals surface area contributed by atoms with Gasteiger partial charge < -0.3 is 10.0 Å². The van der Waals surface area contributed by atoms with E-state index < -0.39 is 29.5 Å². The summed E-state index contributed by atoms with van der Waals surface area (Å²) in [4.78, 5) is 54.0. The third kappa shape index (κ3) is 10.6. The highest BCUT2D eigenvalue weighted by molar-refractivity contribution is 6.40. The number of unbranched alkanes of at least 4 members (excludes halogenated alkanes) is 15. The zero-order chi connectivity index (χ0) is 35.2. The normalized spacial score (nSPS) is 14.6. The number of anilines is 1. The fraction of sp³-hybridized carbons (Fsp3) is 0.579. The first-order chi connectivity index (χ1) is 23.7. The van der Waals surface area contributed by atoms with Crippen molar-refractivity contribution < 1.29 is 24.3 Å². The SMILES string of the molecule is CCCCCCCCCCCCCCCCCCC1CC(=O)N(NC(=O)C(=O)N(C)c2cc(C)cc(-n3nc4ccccc4n3)c2O)C1=O. The van der Waals surface area contributed by atoms with Crippen LogP contribution in [0.1, 0.15) is 128 Å². The van der Waals surface area contributed by atoms with Gasteiger partial charge in [-0.15, -0.1) is 15.0 Å². The van der Waals surface area contributed by atoms with Gasteiger partial charge in [-0.25, -0.2) is 5.43 Å². The second-order valence-electron chi connectivity index (χ2n) is 13.5. The quantitative estimate of drug-likeness (QED) is 0.0721. The van der Waals surface area contributed by atoms with E-state index in [0.717, 1.165) is 24.2 Å². The average Bonchev–Trinajstić information content (AvgIpc) is 3.64. The molecule has 4 amide bonds. The number of benzene rings is 2. The number of hydrazine groups is 1. The number of nitrogens with zero attached hydrogens (tertiary/aromatic N) is 5. The topological polar surface area (TPSA) is 138 Å². The van der Waals surface area contributed by atoms with E-state index in [2.05, 4.69) is 22.5 Å². The minimum absolute atomic E-state index is 0.00906. The molecule has 2 aromatic carbocycles. The monoisotopic (exact) mass is 674 g/mol. The number of carbonyl (C=O) groups is 4. The Hall–Kier alpha value is -4.28. The predicted octanol–water partition coefficient (Wildman–Crippen LogP) is 7.46. The van der Waals surface area contributed by atoms with Gasteiger partial charge in [-0.3, -0.25) is 19.2 Å². The maximum Gasteiger partial charge on any atom is 0.328 e. The Bertz CT molecular complexity index is 1540. The first kappa shape index (κ1) is 37.5. The van der Waals surface area contributed by atoms with E-state index in [4.69, 9.17) is 0 Å².